The first kappa shape index (κ1) is 11.2. The minimum atomic E-state index is 0.522. The lowest BCUT2D eigenvalue weighted by atomic mass is 9.81. The van der Waals surface area contributed by atoms with Crippen LogP contribution >= 0.6 is 15.9 Å². The molecule has 1 heteroatoms. The van der Waals surface area contributed by atoms with Crippen LogP contribution in [0.25, 0.3) is 11.1 Å². The molecule has 19 heavy (non-hydrogen) atoms. The van der Waals surface area contributed by atoms with Gasteiger partial charge in [-0.1, -0.05) is 65.0 Å². The summed E-state index contributed by atoms with van der Waals surface area (Å²) in [5.41, 5.74) is 7.98. The standard InChI is InChI=1S/C18H13Br/c1-11-14-7-4-8-17(19)18(14)16-10-13-6-3-2-5-12(13)9-15(11)16/h2-8,10,12H,1,9H2. The molecule has 0 fully saturated rings. The van der Waals surface area contributed by atoms with Gasteiger partial charge in [0.15, 0.2) is 0 Å². The van der Waals surface area contributed by atoms with Gasteiger partial charge in [-0.15, -0.1) is 0 Å². The third kappa shape index (κ3) is 1.51. The van der Waals surface area contributed by atoms with Gasteiger partial charge in [-0.3, -0.25) is 0 Å². The van der Waals surface area contributed by atoms with Crippen LogP contribution in [0.1, 0.15) is 17.5 Å². The van der Waals surface area contributed by atoms with E-state index in [0.29, 0.717) is 5.92 Å². The monoisotopic (exact) mass is 308 g/mol. The molecule has 0 heterocycles. The van der Waals surface area contributed by atoms with E-state index in [9.17, 15) is 0 Å². The summed E-state index contributed by atoms with van der Waals surface area (Å²) in [4.78, 5) is 0. The summed E-state index contributed by atoms with van der Waals surface area (Å²) < 4.78 is 1.17. The molecule has 1 aromatic carbocycles. The van der Waals surface area contributed by atoms with E-state index in [1.54, 1.807) is 0 Å². The van der Waals surface area contributed by atoms with E-state index < -0.39 is 0 Å². The van der Waals surface area contributed by atoms with Gasteiger partial charge in [0.25, 0.3) is 0 Å². The minimum absolute atomic E-state index is 0.522. The number of fused-ring (bicyclic) bond motifs is 3. The van der Waals surface area contributed by atoms with E-state index >= 15 is 0 Å². The molecule has 0 aliphatic heterocycles. The quantitative estimate of drug-likeness (QED) is 0.610. The highest BCUT2D eigenvalue weighted by molar-refractivity contribution is 9.10. The molecule has 1 aromatic rings. The van der Waals surface area contributed by atoms with Crippen molar-refractivity contribution in [2.75, 3.05) is 0 Å². The molecule has 0 radical (unpaired) electrons. The molecule has 1 unspecified atom stereocenters. The second-order valence-electron chi connectivity index (χ2n) is 5.23. The lowest BCUT2D eigenvalue weighted by Gasteiger charge is -2.23. The van der Waals surface area contributed by atoms with Crippen molar-refractivity contribution in [1.29, 1.82) is 0 Å². The highest BCUT2D eigenvalue weighted by atomic mass is 79.9. The molecule has 1 atom stereocenters. The third-order valence-corrected chi connectivity index (χ3v) is 4.86. The Morgan fingerprint density at radius 1 is 1.21 bits per heavy atom. The van der Waals surface area contributed by atoms with Crippen LogP contribution in [0.3, 0.4) is 0 Å². The molecule has 0 N–H and O–H groups in total. The number of rotatable bonds is 0. The smallest absolute Gasteiger partial charge is 0.0260 e. The lowest BCUT2D eigenvalue weighted by Crippen LogP contribution is -2.08. The number of halogens is 1. The molecule has 0 nitrogen and oxygen atoms in total. The largest absolute Gasteiger partial charge is 0.0908 e. The Kier molecular flexibility index (Phi) is 2.33. The van der Waals surface area contributed by atoms with Crippen molar-refractivity contribution in [2.24, 2.45) is 5.92 Å². The third-order valence-electron chi connectivity index (χ3n) is 4.20. The summed E-state index contributed by atoms with van der Waals surface area (Å²) in [7, 11) is 0. The molecule has 3 aliphatic rings. The van der Waals surface area contributed by atoms with Crippen LogP contribution in [0.15, 0.2) is 70.8 Å². The van der Waals surface area contributed by atoms with Crippen molar-refractivity contribution in [3.05, 3.63) is 81.9 Å². The Hall–Kier alpha value is -1.60. The molecule has 3 aliphatic carbocycles. The van der Waals surface area contributed by atoms with Crippen LogP contribution in [-0.4, -0.2) is 0 Å². The van der Waals surface area contributed by atoms with Gasteiger partial charge in [0.1, 0.15) is 0 Å². The summed E-state index contributed by atoms with van der Waals surface area (Å²) in [5, 5.41) is 0. The van der Waals surface area contributed by atoms with E-state index in [0.717, 1.165) is 6.42 Å². The molecule has 0 aromatic heterocycles. The van der Waals surface area contributed by atoms with E-state index in [2.05, 4.69) is 71.1 Å². The molecule has 0 amide bonds. The number of hydrogen-bond acceptors (Lipinski definition) is 0. The van der Waals surface area contributed by atoms with Gasteiger partial charge in [0, 0.05) is 16.0 Å². The number of hydrogen-bond donors (Lipinski definition) is 0. The zero-order valence-corrected chi connectivity index (χ0v) is 12.1. The van der Waals surface area contributed by atoms with Crippen LogP contribution in [-0.2, 0) is 0 Å². The molecular weight excluding hydrogens is 296 g/mol. The first-order valence-corrected chi connectivity index (χ1v) is 7.33. The molecule has 0 bridgehead atoms. The van der Waals surface area contributed by atoms with Gasteiger partial charge in [-0.25, -0.2) is 0 Å². The summed E-state index contributed by atoms with van der Waals surface area (Å²) in [6.07, 6.45) is 12.2. The van der Waals surface area contributed by atoms with Gasteiger partial charge in [-0.05, 0) is 40.3 Å². The van der Waals surface area contributed by atoms with Gasteiger partial charge in [0.2, 0.25) is 0 Å². The molecule has 0 saturated heterocycles. The Bertz CT molecular complexity index is 726. The van der Waals surface area contributed by atoms with Gasteiger partial charge >= 0.3 is 0 Å². The van der Waals surface area contributed by atoms with Crippen LogP contribution in [0.4, 0.5) is 0 Å². The molecule has 0 saturated carbocycles. The normalized spacial score (nSPS) is 23.1. The predicted molar refractivity (Wildman–Crippen MR) is 84.6 cm³/mol. The maximum Gasteiger partial charge on any atom is 0.0260 e. The van der Waals surface area contributed by atoms with E-state index in [1.807, 2.05) is 0 Å². The van der Waals surface area contributed by atoms with Crippen molar-refractivity contribution in [3.8, 4) is 0 Å². The maximum atomic E-state index is 4.31. The minimum Gasteiger partial charge on any atom is -0.0908 e. The van der Waals surface area contributed by atoms with Crippen LogP contribution in [0, 0.1) is 5.92 Å². The van der Waals surface area contributed by atoms with E-state index in [1.165, 1.54) is 37.9 Å². The molecule has 0 spiro atoms. The van der Waals surface area contributed by atoms with Crippen molar-refractivity contribution >= 4 is 27.1 Å². The fourth-order valence-electron chi connectivity index (χ4n) is 3.25. The Balaban J connectivity index is 1.95. The van der Waals surface area contributed by atoms with Gasteiger partial charge < -0.3 is 0 Å². The van der Waals surface area contributed by atoms with Crippen LogP contribution in [0.5, 0.6) is 0 Å². The summed E-state index contributed by atoms with van der Waals surface area (Å²) in [5.74, 6) is 0.522. The zero-order chi connectivity index (χ0) is 13.0. The van der Waals surface area contributed by atoms with Crippen molar-refractivity contribution in [2.45, 2.75) is 6.42 Å². The fourth-order valence-corrected chi connectivity index (χ4v) is 3.82. The fraction of sp³-hybridized carbons (Fsp3) is 0.111. The van der Waals surface area contributed by atoms with Gasteiger partial charge in [-0.2, -0.15) is 0 Å². The predicted octanol–water partition coefficient (Wildman–Crippen LogP) is 5.30. The molecular formula is C18H13Br. The van der Waals surface area contributed by atoms with E-state index in [4.69, 9.17) is 0 Å². The Morgan fingerprint density at radius 2 is 2.11 bits per heavy atom. The lowest BCUT2D eigenvalue weighted by molar-refractivity contribution is 0.767. The number of benzene rings is 1. The van der Waals surface area contributed by atoms with E-state index in [-0.39, 0.29) is 0 Å². The first-order chi connectivity index (χ1) is 9.25. The van der Waals surface area contributed by atoms with Crippen LogP contribution < -0.4 is 0 Å². The topological polar surface area (TPSA) is 0 Å². The zero-order valence-electron chi connectivity index (χ0n) is 10.5. The first-order valence-electron chi connectivity index (χ1n) is 6.54. The van der Waals surface area contributed by atoms with Crippen molar-refractivity contribution in [3.63, 3.8) is 0 Å². The van der Waals surface area contributed by atoms with Crippen LogP contribution in [0.2, 0.25) is 0 Å². The SMILES string of the molecule is C=C1C2=C(C=C3C=CC=CC3C2)c2c(Br)cccc21. The summed E-state index contributed by atoms with van der Waals surface area (Å²) in [6, 6.07) is 6.38. The van der Waals surface area contributed by atoms with Crippen molar-refractivity contribution in [1.82, 2.24) is 0 Å². The van der Waals surface area contributed by atoms with Crippen molar-refractivity contribution < 1.29 is 0 Å². The van der Waals surface area contributed by atoms with Gasteiger partial charge in [0.05, 0.1) is 0 Å². The Morgan fingerprint density at radius 3 is 3.00 bits per heavy atom. The summed E-state index contributed by atoms with van der Waals surface area (Å²) in [6.45, 7) is 4.31. The molecule has 4 rings (SSSR count). The second kappa shape index (κ2) is 3.94. The number of allylic oxidation sites excluding steroid dienone is 9. The highest BCUT2D eigenvalue weighted by Gasteiger charge is 2.31. The molecule has 92 valence electrons. The Labute approximate surface area is 121 Å². The second-order valence-corrected chi connectivity index (χ2v) is 6.09. The maximum absolute atomic E-state index is 4.31. The highest BCUT2D eigenvalue weighted by Crippen LogP contribution is 2.50. The average molecular weight is 309 g/mol. The summed E-state index contributed by atoms with van der Waals surface area (Å²) >= 11 is 3.69. The average Bonchev–Trinajstić information content (AvgIpc) is 2.71.